The number of carbonyl (C=O) groups excluding carboxylic acids is 2. The van der Waals surface area contributed by atoms with Crippen LogP contribution in [0.3, 0.4) is 0 Å². The normalized spacial score (nSPS) is 24.6. The number of imidazole rings is 1. The molecule has 3 aliphatic heterocycles. The Morgan fingerprint density at radius 1 is 1.23 bits per heavy atom. The third-order valence-electron chi connectivity index (χ3n) is 8.03. The molecule has 2 aromatic rings. The molecule has 0 spiro atoms. The molecule has 0 aliphatic carbocycles. The molecule has 3 atom stereocenters. The molecule has 2 unspecified atom stereocenters. The fourth-order valence-electron chi connectivity index (χ4n) is 6.52. The molecule has 2 saturated heterocycles. The number of nitriles is 1. The van der Waals surface area contributed by atoms with Crippen LogP contribution in [-0.2, 0) is 22.6 Å². The molecular formula is C26H34N6O2S. The van der Waals surface area contributed by atoms with Gasteiger partial charge >= 0.3 is 0 Å². The smallest absolute Gasteiger partial charge is 0.219 e. The average Bonchev–Trinajstić information content (AvgIpc) is 3.49. The second-order valence-electron chi connectivity index (χ2n) is 10.2. The molecule has 2 fully saturated rings. The van der Waals surface area contributed by atoms with E-state index < -0.39 is 0 Å². The molecule has 186 valence electrons. The summed E-state index contributed by atoms with van der Waals surface area (Å²) < 4.78 is 2.49. The molecule has 5 heterocycles. The van der Waals surface area contributed by atoms with Gasteiger partial charge in [0.05, 0.1) is 18.3 Å². The van der Waals surface area contributed by atoms with Crippen LogP contribution in [0.15, 0.2) is 12.1 Å². The second-order valence-corrected chi connectivity index (χ2v) is 11.3. The van der Waals surface area contributed by atoms with E-state index in [0.717, 1.165) is 55.2 Å². The van der Waals surface area contributed by atoms with E-state index in [1.54, 1.807) is 13.8 Å². The van der Waals surface area contributed by atoms with E-state index in [9.17, 15) is 14.9 Å². The molecule has 1 N–H and O–H groups in total. The zero-order valence-corrected chi connectivity index (χ0v) is 21.6. The summed E-state index contributed by atoms with van der Waals surface area (Å²) in [7, 11) is 0. The largest absolute Gasteiger partial charge is 0.349 e. The van der Waals surface area contributed by atoms with E-state index >= 15 is 0 Å². The maximum absolute atomic E-state index is 11.9. The van der Waals surface area contributed by atoms with Gasteiger partial charge in [-0.2, -0.15) is 5.26 Å². The molecule has 2 bridgehead atoms. The minimum absolute atomic E-state index is 0.0349. The van der Waals surface area contributed by atoms with E-state index in [0.29, 0.717) is 29.5 Å². The molecule has 3 aliphatic rings. The van der Waals surface area contributed by atoms with Crippen LogP contribution < -0.4 is 5.32 Å². The third kappa shape index (κ3) is 4.74. The Kier molecular flexibility index (Phi) is 6.69. The first-order valence-electron chi connectivity index (χ1n) is 12.7. The van der Waals surface area contributed by atoms with Gasteiger partial charge in [0.2, 0.25) is 11.8 Å². The van der Waals surface area contributed by atoms with Gasteiger partial charge in [-0.25, -0.2) is 4.98 Å². The van der Waals surface area contributed by atoms with Crippen molar-refractivity contribution in [2.45, 2.75) is 90.0 Å². The lowest BCUT2D eigenvalue weighted by molar-refractivity contribution is -0.129. The van der Waals surface area contributed by atoms with Crippen LogP contribution >= 0.6 is 11.3 Å². The predicted molar refractivity (Wildman–Crippen MR) is 134 cm³/mol. The number of nitrogens with one attached hydrogen (secondary N) is 1. The number of hydrogen-bond acceptors (Lipinski definition) is 6. The molecule has 35 heavy (non-hydrogen) atoms. The number of hydrogen-bond donors (Lipinski definition) is 1. The van der Waals surface area contributed by atoms with E-state index in [-0.39, 0.29) is 17.9 Å². The Morgan fingerprint density at radius 2 is 1.97 bits per heavy atom. The van der Waals surface area contributed by atoms with Gasteiger partial charge in [0, 0.05) is 62.1 Å². The van der Waals surface area contributed by atoms with Crippen molar-refractivity contribution in [1.29, 1.82) is 5.26 Å². The summed E-state index contributed by atoms with van der Waals surface area (Å²) in [5, 5.41) is 12.3. The number of aryl methyl sites for hydroxylation is 1. The lowest BCUT2D eigenvalue weighted by atomic mass is 9.95. The van der Waals surface area contributed by atoms with Crippen molar-refractivity contribution >= 4 is 23.2 Å². The van der Waals surface area contributed by atoms with Gasteiger partial charge in [-0.05, 0) is 51.2 Å². The quantitative estimate of drug-likeness (QED) is 0.664. The van der Waals surface area contributed by atoms with Gasteiger partial charge in [-0.1, -0.05) is 0 Å². The third-order valence-corrected chi connectivity index (χ3v) is 9.14. The number of aromatic nitrogens is 2. The van der Waals surface area contributed by atoms with Crippen LogP contribution in [0.25, 0.3) is 0 Å². The van der Waals surface area contributed by atoms with Crippen LogP contribution in [0.2, 0.25) is 0 Å². The van der Waals surface area contributed by atoms with Gasteiger partial charge < -0.3 is 14.8 Å². The minimum Gasteiger partial charge on any atom is -0.349 e. The summed E-state index contributed by atoms with van der Waals surface area (Å²) in [6, 6.07) is 7.53. The number of nitrogens with zero attached hydrogens (tertiary/aromatic N) is 5. The molecule has 5 rings (SSSR count). The van der Waals surface area contributed by atoms with Gasteiger partial charge in [0.15, 0.2) is 0 Å². The van der Waals surface area contributed by atoms with Gasteiger partial charge in [-0.3, -0.25) is 14.5 Å². The second kappa shape index (κ2) is 9.75. The summed E-state index contributed by atoms with van der Waals surface area (Å²) in [6.07, 6.45) is 6.42. The summed E-state index contributed by atoms with van der Waals surface area (Å²) >= 11 is 1.47. The highest BCUT2D eigenvalue weighted by Crippen LogP contribution is 2.43. The maximum Gasteiger partial charge on any atom is 0.219 e. The fraction of sp³-hybridized carbons (Fsp3) is 0.615. The van der Waals surface area contributed by atoms with Crippen molar-refractivity contribution in [2.24, 2.45) is 0 Å². The SMILES string of the molecule is CC(=O)N[C@@H](CCN1C2CCC1CC(n1c(C)nc3c1CCN(C(C)=O)C3)C2)c1ccc(C#N)s1. The topological polar surface area (TPSA) is 94.3 Å². The van der Waals surface area contributed by atoms with Crippen LogP contribution in [-0.4, -0.2) is 56.3 Å². The first-order chi connectivity index (χ1) is 16.8. The van der Waals surface area contributed by atoms with Crippen molar-refractivity contribution in [3.63, 3.8) is 0 Å². The molecule has 2 amide bonds. The van der Waals surface area contributed by atoms with Crippen molar-refractivity contribution in [2.75, 3.05) is 13.1 Å². The highest BCUT2D eigenvalue weighted by molar-refractivity contribution is 7.12. The van der Waals surface area contributed by atoms with Crippen molar-refractivity contribution in [1.82, 2.24) is 24.7 Å². The molecule has 0 aromatic carbocycles. The Balaban J connectivity index is 1.27. The predicted octanol–water partition coefficient (Wildman–Crippen LogP) is 3.46. The van der Waals surface area contributed by atoms with Crippen molar-refractivity contribution < 1.29 is 9.59 Å². The van der Waals surface area contributed by atoms with E-state index in [1.165, 1.54) is 29.9 Å². The van der Waals surface area contributed by atoms with E-state index in [1.807, 2.05) is 17.0 Å². The average molecular weight is 495 g/mol. The summed E-state index contributed by atoms with van der Waals surface area (Å²) in [4.78, 5) is 34.9. The van der Waals surface area contributed by atoms with Gasteiger partial charge in [0.25, 0.3) is 0 Å². The highest BCUT2D eigenvalue weighted by atomic mass is 32.1. The summed E-state index contributed by atoms with van der Waals surface area (Å²) in [5.41, 5.74) is 2.40. The number of rotatable bonds is 6. The lowest BCUT2D eigenvalue weighted by Gasteiger charge is -2.41. The van der Waals surface area contributed by atoms with Crippen LogP contribution in [0, 0.1) is 18.3 Å². The monoisotopic (exact) mass is 494 g/mol. The van der Waals surface area contributed by atoms with Crippen molar-refractivity contribution in [3.05, 3.63) is 39.1 Å². The number of amides is 2. The van der Waals surface area contributed by atoms with E-state index in [4.69, 9.17) is 4.98 Å². The standard InChI is InChI=1S/C26H34N6O2S/c1-16-28-24-15-30(18(3)34)10-9-25(24)32(16)21-12-19-4-5-20(13-21)31(19)11-8-23(29-17(2)33)26-7-6-22(14-27)35-26/h6-7,19-21,23H,4-5,8-13,15H2,1-3H3,(H,29,33)/t19?,20?,21?,23-/m0/s1. The molecule has 0 saturated carbocycles. The number of thiophene rings is 1. The molecular weight excluding hydrogens is 460 g/mol. The number of fused-ring (bicyclic) bond motifs is 3. The lowest BCUT2D eigenvalue weighted by Crippen LogP contribution is -2.45. The number of piperidine rings is 1. The zero-order chi connectivity index (χ0) is 24.7. The molecule has 2 aromatic heterocycles. The first kappa shape index (κ1) is 24.0. The summed E-state index contributed by atoms with van der Waals surface area (Å²) in [5.74, 6) is 1.17. The summed E-state index contributed by atoms with van der Waals surface area (Å²) in [6.45, 7) is 7.66. The van der Waals surface area contributed by atoms with Crippen molar-refractivity contribution in [3.8, 4) is 6.07 Å². The minimum atomic E-state index is -0.0520. The molecule has 9 heteroatoms. The number of carbonyl (C=O) groups is 2. The first-order valence-corrected chi connectivity index (χ1v) is 13.5. The van der Waals surface area contributed by atoms with Crippen LogP contribution in [0.5, 0.6) is 0 Å². The van der Waals surface area contributed by atoms with Gasteiger partial charge in [-0.15, -0.1) is 11.3 Å². The Morgan fingerprint density at radius 3 is 2.60 bits per heavy atom. The van der Waals surface area contributed by atoms with Crippen LogP contribution in [0.4, 0.5) is 0 Å². The fourth-order valence-corrected chi connectivity index (χ4v) is 7.41. The maximum atomic E-state index is 11.9. The zero-order valence-electron chi connectivity index (χ0n) is 20.8. The highest BCUT2D eigenvalue weighted by Gasteiger charge is 2.42. The molecule has 0 radical (unpaired) electrons. The van der Waals surface area contributed by atoms with E-state index in [2.05, 4.69) is 27.8 Å². The van der Waals surface area contributed by atoms with Gasteiger partial charge in [0.1, 0.15) is 16.8 Å². The van der Waals surface area contributed by atoms with Crippen LogP contribution in [0.1, 0.15) is 85.0 Å². The Labute approximate surface area is 210 Å². The Hall–Kier alpha value is -2.70. The molecule has 8 nitrogen and oxygen atoms in total. The Bertz CT molecular complexity index is 1150.